The Morgan fingerprint density at radius 3 is 1.73 bits per heavy atom. The van der Waals surface area contributed by atoms with Crippen molar-refractivity contribution >= 4 is 44.5 Å². The molecule has 0 saturated heterocycles. The number of fused-ring (bicyclic) bond motifs is 3. The van der Waals surface area contributed by atoms with Crippen LogP contribution in [0, 0.1) is 76.4 Å². The van der Waals surface area contributed by atoms with E-state index in [-0.39, 0.29) is 33.1 Å². The fraction of sp³-hybridized carbons (Fsp3) is 0. The minimum absolute atomic E-state index is 0.0360. The smallest absolute Gasteiger partial charge is 0.210 e. The maximum absolute atomic E-state index is 10.1. The van der Waals surface area contributed by atoms with Crippen molar-refractivity contribution in [3.8, 4) is 30.3 Å². The number of hydrogen-bond donors (Lipinski definition) is 0. The molecule has 0 bridgehead atoms. The van der Waals surface area contributed by atoms with Crippen LogP contribution in [-0.2, 0) is 0 Å². The molecule has 5 rings (SSSR count). The first kappa shape index (κ1) is 22.9. The highest BCUT2D eigenvalue weighted by Crippen LogP contribution is 2.32. The summed E-state index contributed by atoms with van der Waals surface area (Å²) in [5.74, 6) is 0. The number of pyridine rings is 2. The molecular weight excluding hydrogens is 548 g/mol. The number of rotatable bonds is 2. The van der Waals surface area contributed by atoms with Gasteiger partial charge in [-0.15, -0.1) is 0 Å². The molecule has 0 fully saturated rings. The Labute approximate surface area is 255 Å². The number of nitriles is 5. The first-order valence-electron chi connectivity index (χ1n) is 14.1. The van der Waals surface area contributed by atoms with E-state index in [4.69, 9.17) is 25.2 Å². The summed E-state index contributed by atoms with van der Waals surface area (Å²) in [6, 6.07) is 15.9. The maximum Gasteiger partial charge on any atom is 0.210 e. The van der Waals surface area contributed by atoms with Crippen molar-refractivity contribution in [3.05, 3.63) is 139 Å². The molecule has 0 aliphatic heterocycles. The van der Waals surface area contributed by atoms with Gasteiger partial charge in [0, 0.05) is 33.0 Å². The Morgan fingerprint density at radius 2 is 1.23 bits per heavy atom. The maximum atomic E-state index is 10.1. The van der Waals surface area contributed by atoms with Gasteiger partial charge in [0.15, 0.2) is 11.4 Å². The molecule has 196 valence electrons. The Morgan fingerprint density at radius 1 is 0.659 bits per heavy atom. The van der Waals surface area contributed by atoms with Crippen molar-refractivity contribution in [1.82, 2.24) is 9.97 Å². The SMILES string of the molecule is [2H]c1c(C#N)c([2H])c([N+]#[C-])c(/C([N+]#[C-])=c2\ccc3c(ccc4n/c(=C(/C#N)c5c(C#N)c([2H])c([N+]#[C-])c([2H])c5C#N)ccc43)n2)c1C#N. The lowest BCUT2D eigenvalue weighted by Gasteiger charge is -2.08. The molecule has 0 N–H and O–H groups in total. The van der Waals surface area contributed by atoms with E-state index in [0.717, 1.165) is 0 Å². The summed E-state index contributed by atoms with van der Waals surface area (Å²) in [4.78, 5) is 19.0. The highest BCUT2D eigenvalue weighted by Gasteiger charge is 2.19. The van der Waals surface area contributed by atoms with E-state index in [0.29, 0.717) is 21.8 Å². The van der Waals surface area contributed by atoms with Crippen LogP contribution in [0.4, 0.5) is 11.4 Å². The average Bonchev–Trinajstić information content (AvgIpc) is 3.09. The Bertz CT molecular complexity index is 2550. The second-order valence-corrected chi connectivity index (χ2v) is 8.66. The second-order valence-electron chi connectivity index (χ2n) is 8.66. The van der Waals surface area contributed by atoms with E-state index in [2.05, 4.69) is 24.5 Å². The first-order chi connectivity index (χ1) is 23.1. The van der Waals surface area contributed by atoms with Crippen LogP contribution in [0.1, 0.15) is 38.9 Å². The number of nitrogens with zero attached hydrogens (tertiary/aromatic N) is 10. The van der Waals surface area contributed by atoms with Crippen molar-refractivity contribution < 1.29 is 5.48 Å². The third kappa shape index (κ3) is 4.51. The normalized spacial score (nSPS) is 12.5. The van der Waals surface area contributed by atoms with Gasteiger partial charge in [0.05, 0.1) is 87.9 Å². The largest absolute Gasteiger partial charge is 0.260 e. The monoisotopic (exact) mass is 562 g/mol. The quantitative estimate of drug-likeness (QED) is 0.212. The second kappa shape index (κ2) is 11.3. The molecule has 2 heterocycles. The van der Waals surface area contributed by atoms with Gasteiger partial charge in [-0.3, -0.25) is 4.98 Å². The summed E-state index contributed by atoms with van der Waals surface area (Å²) >= 11 is 0. The van der Waals surface area contributed by atoms with E-state index in [1.54, 1.807) is 48.5 Å². The van der Waals surface area contributed by atoms with E-state index in [1.807, 2.05) is 6.07 Å². The molecule has 0 aliphatic rings. The van der Waals surface area contributed by atoms with Crippen LogP contribution >= 0.6 is 0 Å². The van der Waals surface area contributed by atoms with Crippen molar-refractivity contribution in [2.24, 2.45) is 0 Å². The van der Waals surface area contributed by atoms with E-state index < -0.39 is 57.8 Å². The molecule has 0 amide bonds. The third-order valence-corrected chi connectivity index (χ3v) is 6.39. The van der Waals surface area contributed by atoms with Crippen LogP contribution in [-0.4, -0.2) is 9.97 Å². The van der Waals surface area contributed by atoms with Crippen LogP contribution in [0.2, 0.25) is 0 Å². The average molecular weight is 563 g/mol. The predicted octanol–water partition coefficient (Wildman–Crippen LogP) is 5.17. The van der Waals surface area contributed by atoms with E-state index >= 15 is 0 Å². The third-order valence-electron chi connectivity index (χ3n) is 6.39. The van der Waals surface area contributed by atoms with Gasteiger partial charge in [-0.05, 0) is 54.5 Å². The van der Waals surface area contributed by atoms with E-state index in [1.165, 1.54) is 12.1 Å². The molecule has 0 atom stereocenters. The van der Waals surface area contributed by atoms with Gasteiger partial charge in [0.2, 0.25) is 5.70 Å². The molecule has 3 aromatic carbocycles. The minimum atomic E-state index is -0.576. The highest BCUT2D eigenvalue weighted by molar-refractivity contribution is 6.05. The molecule has 2 aromatic heterocycles. The topological polar surface area (TPSA) is 158 Å². The van der Waals surface area contributed by atoms with Crippen LogP contribution in [0.5, 0.6) is 0 Å². The van der Waals surface area contributed by atoms with Gasteiger partial charge in [-0.2, -0.15) is 26.3 Å². The number of hydrogen-bond acceptors (Lipinski definition) is 7. The molecule has 10 nitrogen and oxygen atoms in total. The zero-order chi connectivity index (χ0) is 34.9. The van der Waals surface area contributed by atoms with Crippen molar-refractivity contribution in [3.63, 3.8) is 0 Å². The molecule has 0 saturated carbocycles. The number of benzene rings is 3. The molecular formula is C34H10N10. The minimum Gasteiger partial charge on any atom is -0.260 e. The van der Waals surface area contributed by atoms with Crippen LogP contribution in [0.25, 0.3) is 47.6 Å². The Hall–Kier alpha value is -7.86. The summed E-state index contributed by atoms with van der Waals surface area (Å²) in [6.45, 7) is 22.7. The van der Waals surface area contributed by atoms with Gasteiger partial charge in [0.1, 0.15) is 6.07 Å². The lowest BCUT2D eigenvalue weighted by molar-refractivity contribution is 1.28. The highest BCUT2D eigenvalue weighted by atomic mass is 14.8. The summed E-state index contributed by atoms with van der Waals surface area (Å²) in [5.41, 5.74) is -2.92. The summed E-state index contributed by atoms with van der Waals surface area (Å²) in [7, 11) is 0. The molecule has 5 aromatic rings. The van der Waals surface area contributed by atoms with Crippen molar-refractivity contribution in [2.45, 2.75) is 0 Å². The fourth-order valence-corrected chi connectivity index (χ4v) is 4.53. The molecule has 44 heavy (non-hydrogen) atoms. The summed E-state index contributed by atoms with van der Waals surface area (Å²) in [5, 5.41) is 50.1. The zero-order valence-corrected chi connectivity index (χ0v) is 21.9. The zero-order valence-electron chi connectivity index (χ0n) is 25.9. The fourth-order valence-electron chi connectivity index (χ4n) is 4.53. The van der Waals surface area contributed by atoms with Gasteiger partial charge >= 0.3 is 0 Å². The predicted molar refractivity (Wildman–Crippen MR) is 158 cm³/mol. The van der Waals surface area contributed by atoms with Gasteiger partial charge < -0.3 is 0 Å². The lowest BCUT2D eigenvalue weighted by atomic mass is 9.94. The standard InChI is InChI=1S/C34H10N10/c1-40-23-12-21(16-37)32(22(13-23)17-38)26(18-39)29-6-4-24-25-5-7-30(44-28(25)9-8-27(24)43-29)34(42-3)33-20(15-36)10-19(14-35)11-31(33)41-2/h4-13H/b29-26-,34-30-/i10D,11D,12D,13D. The van der Waals surface area contributed by atoms with Crippen molar-refractivity contribution in [1.29, 1.82) is 26.3 Å². The Kier molecular flexibility index (Phi) is 5.89. The van der Waals surface area contributed by atoms with Gasteiger partial charge in [0.25, 0.3) is 0 Å². The lowest BCUT2D eigenvalue weighted by Crippen LogP contribution is -2.14. The van der Waals surface area contributed by atoms with Gasteiger partial charge in [-0.25, -0.2) is 19.5 Å². The van der Waals surface area contributed by atoms with Crippen molar-refractivity contribution in [2.75, 3.05) is 0 Å². The molecule has 0 radical (unpaired) electrons. The van der Waals surface area contributed by atoms with Crippen LogP contribution < -0.4 is 10.7 Å². The Balaban J connectivity index is 1.82. The molecule has 0 spiro atoms. The first-order valence-corrected chi connectivity index (χ1v) is 12.1. The van der Waals surface area contributed by atoms with Crippen LogP contribution in [0.15, 0.2) is 60.6 Å². The summed E-state index contributed by atoms with van der Waals surface area (Å²) in [6.07, 6.45) is 0. The molecule has 10 heteroatoms. The van der Waals surface area contributed by atoms with E-state index in [9.17, 15) is 26.3 Å². The molecule has 0 unspecified atom stereocenters. The summed E-state index contributed by atoms with van der Waals surface area (Å²) < 4.78 is 33.0. The number of aromatic nitrogens is 2. The molecule has 0 aliphatic carbocycles. The van der Waals surface area contributed by atoms with Crippen LogP contribution in [0.3, 0.4) is 0 Å². The van der Waals surface area contributed by atoms with Gasteiger partial charge in [-0.1, -0.05) is 6.07 Å².